The Labute approximate surface area is 178 Å². The Morgan fingerprint density at radius 1 is 1.07 bits per heavy atom. The van der Waals surface area contributed by atoms with Gasteiger partial charge in [-0.1, -0.05) is 42.5 Å². The molecule has 1 N–H and O–H groups in total. The minimum atomic E-state index is -0.322. The smallest absolute Gasteiger partial charge is 0.263 e. The van der Waals surface area contributed by atoms with E-state index in [1.807, 2.05) is 36.4 Å². The van der Waals surface area contributed by atoms with Crippen LogP contribution in [0.2, 0.25) is 0 Å². The molecule has 3 rings (SSSR count). The molecule has 30 heavy (non-hydrogen) atoms. The molecule has 0 aromatic heterocycles. The summed E-state index contributed by atoms with van der Waals surface area (Å²) < 4.78 is 5.15. The van der Waals surface area contributed by atoms with Gasteiger partial charge in [-0.05, 0) is 29.7 Å². The molecule has 1 saturated heterocycles. The van der Waals surface area contributed by atoms with Crippen molar-refractivity contribution >= 4 is 5.91 Å². The average molecular weight is 405 g/mol. The molecule has 6 nitrogen and oxygen atoms in total. The lowest BCUT2D eigenvalue weighted by Crippen LogP contribution is -2.44. The number of nitrogens with zero attached hydrogens (tertiary/aromatic N) is 3. The van der Waals surface area contributed by atoms with Gasteiger partial charge in [-0.15, -0.1) is 0 Å². The highest BCUT2D eigenvalue weighted by Crippen LogP contribution is 2.12. The Morgan fingerprint density at radius 2 is 1.77 bits per heavy atom. The third kappa shape index (κ3) is 6.36. The maximum absolute atomic E-state index is 12.4. The van der Waals surface area contributed by atoms with E-state index in [1.165, 1.54) is 5.56 Å². The Balaban J connectivity index is 1.44. The average Bonchev–Trinajstić information content (AvgIpc) is 2.79. The molecular formula is C24H28N4O2. The molecule has 0 radical (unpaired) electrons. The molecule has 0 saturated carbocycles. The Morgan fingerprint density at radius 3 is 2.40 bits per heavy atom. The zero-order valence-electron chi connectivity index (χ0n) is 17.4. The number of piperazine rings is 1. The first-order valence-electron chi connectivity index (χ1n) is 10.2. The van der Waals surface area contributed by atoms with E-state index in [4.69, 9.17) is 4.74 Å². The summed E-state index contributed by atoms with van der Waals surface area (Å²) in [5, 5.41) is 12.3. The number of ether oxygens (including phenoxy) is 1. The molecule has 1 aliphatic rings. The molecule has 0 spiro atoms. The number of rotatable bonds is 8. The van der Waals surface area contributed by atoms with Crippen LogP contribution in [0, 0.1) is 11.3 Å². The van der Waals surface area contributed by atoms with Gasteiger partial charge in [0.2, 0.25) is 0 Å². The standard InChI is InChI=1S/C24H28N4O2/c1-30-23-9-7-20(8-10-23)11-12-26-24(29)22(17-25)19-28-15-13-27(14-16-28)18-21-5-3-2-4-6-21/h2-10,19H,11-16,18H2,1H3,(H,26,29)/b22-19-. The van der Waals surface area contributed by atoms with Crippen LogP contribution in [0.5, 0.6) is 5.75 Å². The van der Waals surface area contributed by atoms with Crippen LogP contribution >= 0.6 is 0 Å². The van der Waals surface area contributed by atoms with E-state index in [2.05, 4.69) is 39.4 Å². The number of carbonyl (C=O) groups excluding carboxylic acids is 1. The number of carbonyl (C=O) groups is 1. The van der Waals surface area contributed by atoms with Crippen molar-refractivity contribution in [1.29, 1.82) is 5.26 Å². The Bertz CT molecular complexity index is 880. The van der Waals surface area contributed by atoms with Gasteiger partial charge >= 0.3 is 0 Å². The summed E-state index contributed by atoms with van der Waals surface area (Å²) in [5.74, 6) is 0.485. The predicted octanol–water partition coefficient (Wildman–Crippen LogP) is 2.58. The summed E-state index contributed by atoms with van der Waals surface area (Å²) in [4.78, 5) is 16.8. The quantitative estimate of drug-likeness (QED) is 0.541. The van der Waals surface area contributed by atoms with E-state index in [9.17, 15) is 10.1 Å². The van der Waals surface area contributed by atoms with Crippen molar-refractivity contribution in [1.82, 2.24) is 15.1 Å². The van der Waals surface area contributed by atoms with Crippen molar-refractivity contribution in [2.75, 3.05) is 39.8 Å². The maximum Gasteiger partial charge on any atom is 0.263 e. The van der Waals surface area contributed by atoms with Crippen LogP contribution < -0.4 is 10.1 Å². The fourth-order valence-corrected chi connectivity index (χ4v) is 3.42. The van der Waals surface area contributed by atoms with Gasteiger partial charge in [-0.3, -0.25) is 9.69 Å². The highest BCUT2D eigenvalue weighted by Gasteiger charge is 2.17. The Kier molecular flexibility index (Phi) is 7.87. The molecule has 1 amide bonds. The van der Waals surface area contributed by atoms with Gasteiger partial charge in [0.15, 0.2) is 0 Å². The van der Waals surface area contributed by atoms with E-state index in [0.29, 0.717) is 13.0 Å². The molecule has 0 aliphatic carbocycles. The summed E-state index contributed by atoms with van der Waals surface area (Å²) in [6.07, 6.45) is 2.40. The lowest BCUT2D eigenvalue weighted by molar-refractivity contribution is -0.117. The number of nitrogens with one attached hydrogen (secondary N) is 1. The maximum atomic E-state index is 12.4. The number of methoxy groups -OCH3 is 1. The lowest BCUT2D eigenvalue weighted by atomic mass is 10.1. The third-order valence-corrected chi connectivity index (χ3v) is 5.19. The minimum absolute atomic E-state index is 0.154. The number of benzene rings is 2. The van der Waals surface area contributed by atoms with Crippen molar-refractivity contribution in [2.45, 2.75) is 13.0 Å². The summed E-state index contributed by atoms with van der Waals surface area (Å²) >= 11 is 0. The number of amides is 1. The molecule has 0 bridgehead atoms. The van der Waals surface area contributed by atoms with E-state index in [1.54, 1.807) is 13.3 Å². The number of nitriles is 1. The second-order valence-electron chi connectivity index (χ2n) is 7.31. The van der Waals surface area contributed by atoms with Crippen LogP contribution in [0.25, 0.3) is 0 Å². The van der Waals surface area contributed by atoms with Crippen LogP contribution in [0.1, 0.15) is 11.1 Å². The number of hydrogen-bond donors (Lipinski definition) is 1. The van der Waals surface area contributed by atoms with Crippen LogP contribution in [0.3, 0.4) is 0 Å². The van der Waals surface area contributed by atoms with Gasteiger partial charge in [0, 0.05) is 45.5 Å². The summed E-state index contributed by atoms with van der Waals surface area (Å²) in [7, 11) is 1.63. The van der Waals surface area contributed by atoms with E-state index >= 15 is 0 Å². The van der Waals surface area contributed by atoms with E-state index in [0.717, 1.165) is 44.0 Å². The fourth-order valence-electron chi connectivity index (χ4n) is 3.42. The zero-order valence-corrected chi connectivity index (χ0v) is 17.4. The monoisotopic (exact) mass is 404 g/mol. The van der Waals surface area contributed by atoms with Crippen molar-refractivity contribution in [2.24, 2.45) is 0 Å². The van der Waals surface area contributed by atoms with Crippen LogP contribution in [-0.4, -0.2) is 55.5 Å². The highest BCUT2D eigenvalue weighted by molar-refractivity contribution is 5.97. The molecule has 0 unspecified atom stereocenters. The second-order valence-corrected chi connectivity index (χ2v) is 7.31. The molecule has 1 aliphatic heterocycles. The first kappa shape index (κ1) is 21.4. The zero-order chi connectivity index (χ0) is 21.2. The molecule has 2 aromatic rings. The normalized spacial score (nSPS) is 14.8. The highest BCUT2D eigenvalue weighted by atomic mass is 16.5. The van der Waals surface area contributed by atoms with Crippen molar-refractivity contribution in [3.8, 4) is 11.8 Å². The van der Waals surface area contributed by atoms with E-state index < -0.39 is 0 Å². The number of hydrogen-bond acceptors (Lipinski definition) is 5. The van der Waals surface area contributed by atoms with Gasteiger partial charge in [0.1, 0.15) is 17.4 Å². The minimum Gasteiger partial charge on any atom is -0.497 e. The molecule has 6 heteroatoms. The van der Waals surface area contributed by atoms with Crippen LogP contribution in [0.15, 0.2) is 66.4 Å². The second kappa shape index (κ2) is 11.0. The topological polar surface area (TPSA) is 68.6 Å². The van der Waals surface area contributed by atoms with Crippen molar-refractivity contribution in [3.05, 3.63) is 77.5 Å². The largest absolute Gasteiger partial charge is 0.497 e. The summed E-state index contributed by atoms with van der Waals surface area (Å²) in [6, 6.07) is 20.2. The fraction of sp³-hybridized carbons (Fsp3) is 0.333. The van der Waals surface area contributed by atoms with Gasteiger partial charge < -0.3 is 15.0 Å². The molecule has 156 valence electrons. The van der Waals surface area contributed by atoms with Gasteiger partial charge in [0.05, 0.1) is 7.11 Å². The van der Waals surface area contributed by atoms with Crippen LogP contribution in [0.4, 0.5) is 0 Å². The molecule has 1 fully saturated rings. The molecule has 1 heterocycles. The SMILES string of the molecule is COc1ccc(CCNC(=O)/C(C#N)=C\N2CCN(Cc3ccccc3)CC2)cc1. The first-order valence-corrected chi connectivity index (χ1v) is 10.2. The summed E-state index contributed by atoms with van der Waals surface area (Å²) in [5.41, 5.74) is 2.56. The molecular weight excluding hydrogens is 376 g/mol. The van der Waals surface area contributed by atoms with E-state index in [-0.39, 0.29) is 11.5 Å². The van der Waals surface area contributed by atoms with Gasteiger partial charge in [-0.2, -0.15) is 5.26 Å². The molecule has 0 atom stereocenters. The van der Waals surface area contributed by atoms with Gasteiger partial charge in [0.25, 0.3) is 5.91 Å². The van der Waals surface area contributed by atoms with Crippen molar-refractivity contribution < 1.29 is 9.53 Å². The molecule has 2 aromatic carbocycles. The predicted molar refractivity (Wildman–Crippen MR) is 117 cm³/mol. The lowest BCUT2D eigenvalue weighted by Gasteiger charge is -2.34. The third-order valence-electron chi connectivity index (χ3n) is 5.19. The van der Waals surface area contributed by atoms with Crippen LogP contribution in [-0.2, 0) is 17.8 Å². The Hall–Kier alpha value is -3.30. The van der Waals surface area contributed by atoms with Crippen molar-refractivity contribution in [3.63, 3.8) is 0 Å². The van der Waals surface area contributed by atoms with Gasteiger partial charge in [-0.25, -0.2) is 0 Å². The first-order chi connectivity index (χ1) is 14.7. The summed E-state index contributed by atoms with van der Waals surface area (Å²) in [6.45, 7) is 4.82.